The molecule has 2 rings (SSSR count). The maximum absolute atomic E-state index is 5.75. The quantitative estimate of drug-likeness (QED) is 0.870. The standard InChI is InChI=1S/C12H20N2OS/c1-10-8-14(5-6-16-10)9-12-4-3-11(15-12)7-13-2/h3-4,10,13H,5-9H2,1-2H3. The summed E-state index contributed by atoms with van der Waals surface area (Å²) in [6.45, 7) is 6.41. The Morgan fingerprint density at radius 1 is 1.50 bits per heavy atom. The predicted molar refractivity (Wildman–Crippen MR) is 68.7 cm³/mol. The van der Waals surface area contributed by atoms with Crippen molar-refractivity contribution in [2.75, 3.05) is 25.9 Å². The fraction of sp³-hybridized carbons (Fsp3) is 0.667. The molecule has 0 aromatic carbocycles. The summed E-state index contributed by atoms with van der Waals surface area (Å²) in [5.74, 6) is 3.35. The lowest BCUT2D eigenvalue weighted by Gasteiger charge is -2.29. The van der Waals surface area contributed by atoms with Gasteiger partial charge in [0, 0.05) is 24.1 Å². The Hall–Kier alpha value is -0.450. The van der Waals surface area contributed by atoms with E-state index in [2.05, 4.69) is 41.0 Å². The van der Waals surface area contributed by atoms with Gasteiger partial charge in [-0.15, -0.1) is 0 Å². The van der Waals surface area contributed by atoms with Crippen molar-refractivity contribution in [3.05, 3.63) is 23.7 Å². The number of rotatable bonds is 4. The number of thioether (sulfide) groups is 1. The number of hydrogen-bond acceptors (Lipinski definition) is 4. The third-order valence-electron chi connectivity index (χ3n) is 2.77. The zero-order chi connectivity index (χ0) is 11.4. The zero-order valence-corrected chi connectivity index (χ0v) is 10.8. The van der Waals surface area contributed by atoms with E-state index in [-0.39, 0.29) is 0 Å². The molecule has 1 N–H and O–H groups in total. The molecule has 0 bridgehead atoms. The first-order valence-electron chi connectivity index (χ1n) is 5.84. The highest BCUT2D eigenvalue weighted by atomic mass is 32.2. The Balaban J connectivity index is 1.87. The topological polar surface area (TPSA) is 28.4 Å². The van der Waals surface area contributed by atoms with Gasteiger partial charge in [-0.2, -0.15) is 11.8 Å². The molecular formula is C12H20N2OS. The lowest BCUT2D eigenvalue weighted by Crippen LogP contribution is -2.35. The maximum Gasteiger partial charge on any atom is 0.118 e. The third kappa shape index (κ3) is 3.27. The van der Waals surface area contributed by atoms with Crippen LogP contribution in [-0.2, 0) is 13.1 Å². The van der Waals surface area contributed by atoms with Crippen LogP contribution in [0.5, 0.6) is 0 Å². The minimum atomic E-state index is 0.750. The Morgan fingerprint density at radius 3 is 3.06 bits per heavy atom. The van der Waals surface area contributed by atoms with E-state index in [0.717, 1.165) is 29.9 Å². The molecule has 16 heavy (non-hydrogen) atoms. The van der Waals surface area contributed by atoms with Gasteiger partial charge in [0.25, 0.3) is 0 Å². The lowest BCUT2D eigenvalue weighted by molar-refractivity contribution is 0.251. The molecule has 0 aliphatic carbocycles. The average molecular weight is 240 g/mol. The first-order chi connectivity index (χ1) is 7.78. The van der Waals surface area contributed by atoms with E-state index in [0.29, 0.717) is 0 Å². The van der Waals surface area contributed by atoms with E-state index in [1.807, 2.05) is 7.05 Å². The Morgan fingerprint density at radius 2 is 2.31 bits per heavy atom. The van der Waals surface area contributed by atoms with Gasteiger partial charge in [0.2, 0.25) is 0 Å². The molecular weight excluding hydrogens is 220 g/mol. The van der Waals surface area contributed by atoms with Crippen LogP contribution in [-0.4, -0.2) is 36.0 Å². The molecule has 1 unspecified atom stereocenters. The molecule has 90 valence electrons. The molecule has 0 radical (unpaired) electrons. The number of furan rings is 1. The predicted octanol–water partition coefficient (Wildman–Crippen LogP) is 1.94. The largest absolute Gasteiger partial charge is 0.463 e. The van der Waals surface area contributed by atoms with Crippen LogP contribution in [0.15, 0.2) is 16.5 Å². The number of nitrogens with zero attached hydrogens (tertiary/aromatic N) is 1. The van der Waals surface area contributed by atoms with Gasteiger partial charge in [-0.1, -0.05) is 6.92 Å². The first-order valence-corrected chi connectivity index (χ1v) is 6.89. The normalized spacial score (nSPS) is 22.5. The third-order valence-corrected chi connectivity index (χ3v) is 3.91. The van der Waals surface area contributed by atoms with E-state index >= 15 is 0 Å². The Kier molecular flexibility index (Phi) is 4.32. The van der Waals surface area contributed by atoms with Crippen LogP contribution in [0.2, 0.25) is 0 Å². The summed E-state index contributed by atoms with van der Waals surface area (Å²) >= 11 is 2.06. The summed E-state index contributed by atoms with van der Waals surface area (Å²) in [6, 6.07) is 4.16. The molecule has 4 heteroatoms. The van der Waals surface area contributed by atoms with Gasteiger partial charge in [0.05, 0.1) is 13.1 Å². The minimum absolute atomic E-state index is 0.750. The van der Waals surface area contributed by atoms with E-state index in [9.17, 15) is 0 Å². The van der Waals surface area contributed by atoms with Crippen molar-refractivity contribution >= 4 is 11.8 Å². The van der Waals surface area contributed by atoms with Gasteiger partial charge >= 0.3 is 0 Å². The molecule has 1 saturated heterocycles. The van der Waals surface area contributed by atoms with Crippen molar-refractivity contribution in [1.29, 1.82) is 0 Å². The van der Waals surface area contributed by atoms with E-state index in [4.69, 9.17) is 4.42 Å². The molecule has 0 amide bonds. The molecule has 1 aliphatic heterocycles. The molecule has 1 aromatic heterocycles. The molecule has 1 atom stereocenters. The monoisotopic (exact) mass is 240 g/mol. The number of hydrogen-bond donors (Lipinski definition) is 1. The molecule has 1 aliphatic rings. The number of nitrogens with one attached hydrogen (secondary N) is 1. The van der Waals surface area contributed by atoms with Gasteiger partial charge in [-0.3, -0.25) is 4.90 Å². The Bertz CT molecular complexity index is 327. The fourth-order valence-electron chi connectivity index (χ4n) is 2.03. The lowest BCUT2D eigenvalue weighted by atomic mass is 10.3. The second-order valence-electron chi connectivity index (χ2n) is 4.31. The summed E-state index contributed by atoms with van der Waals surface area (Å²) < 4.78 is 5.75. The maximum atomic E-state index is 5.75. The van der Waals surface area contributed by atoms with Crippen molar-refractivity contribution < 1.29 is 4.42 Å². The molecule has 0 saturated carbocycles. The van der Waals surface area contributed by atoms with Gasteiger partial charge < -0.3 is 9.73 Å². The van der Waals surface area contributed by atoms with Crippen molar-refractivity contribution in [3.63, 3.8) is 0 Å². The van der Waals surface area contributed by atoms with Crippen LogP contribution in [0.1, 0.15) is 18.4 Å². The molecule has 0 spiro atoms. The van der Waals surface area contributed by atoms with Crippen LogP contribution < -0.4 is 5.32 Å². The van der Waals surface area contributed by atoms with Crippen molar-refractivity contribution in [2.24, 2.45) is 0 Å². The van der Waals surface area contributed by atoms with Crippen LogP contribution in [0.25, 0.3) is 0 Å². The van der Waals surface area contributed by atoms with E-state index in [1.54, 1.807) is 0 Å². The average Bonchev–Trinajstić information content (AvgIpc) is 2.66. The fourth-order valence-corrected chi connectivity index (χ4v) is 3.11. The van der Waals surface area contributed by atoms with E-state index in [1.165, 1.54) is 18.8 Å². The zero-order valence-electron chi connectivity index (χ0n) is 10.0. The second-order valence-corrected chi connectivity index (χ2v) is 5.86. The summed E-state index contributed by atoms with van der Waals surface area (Å²) in [5, 5.41) is 3.85. The summed E-state index contributed by atoms with van der Waals surface area (Å²) in [5.41, 5.74) is 0. The summed E-state index contributed by atoms with van der Waals surface area (Å²) in [4.78, 5) is 2.48. The molecule has 1 fully saturated rings. The first kappa shape index (κ1) is 12.0. The van der Waals surface area contributed by atoms with Crippen molar-refractivity contribution in [1.82, 2.24) is 10.2 Å². The Labute approximate surface area is 102 Å². The van der Waals surface area contributed by atoms with Crippen molar-refractivity contribution in [2.45, 2.75) is 25.3 Å². The summed E-state index contributed by atoms with van der Waals surface area (Å²) in [7, 11) is 1.94. The highest BCUT2D eigenvalue weighted by Crippen LogP contribution is 2.20. The van der Waals surface area contributed by atoms with Gasteiger partial charge in [0.15, 0.2) is 0 Å². The van der Waals surface area contributed by atoms with Crippen LogP contribution in [0, 0.1) is 0 Å². The molecule has 2 heterocycles. The van der Waals surface area contributed by atoms with Gasteiger partial charge in [0.1, 0.15) is 11.5 Å². The summed E-state index contributed by atoms with van der Waals surface area (Å²) in [6.07, 6.45) is 0. The smallest absolute Gasteiger partial charge is 0.118 e. The highest BCUT2D eigenvalue weighted by molar-refractivity contribution is 7.99. The van der Waals surface area contributed by atoms with Gasteiger partial charge in [-0.25, -0.2) is 0 Å². The second kappa shape index (κ2) is 5.75. The molecule has 3 nitrogen and oxygen atoms in total. The SMILES string of the molecule is CNCc1ccc(CN2CCSC(C)C2)o1. The van der Waals surface area contributed by atoms with Crippen LogP contribution in [0.4, 0.5) is 0 Å². The van der Waals surface area contributed by atoms with Gasteiger partial charge in [-0.05, 0) is 19.2 Å². The van der Waals surface area contributed by atoms with Crippen LogP contribution >= 0.6 is 11.8 Å². The van der Waals surface area contributed by atoms with Crippen LogP contribution in [0.3, 0.4) is 0 Å². The molecule has 1 aromatic rings. The van der Waals surface area contributed by atoms with E-state index < -0.39 is 0 Å². The highest BCUT2D eigenvalue weighted by Gasteiger charge is 2.17. The van der Waals surface area contributed by atoms with Crippen molar-refractivity contribution in [3.8, 4) is 0 Å². The minimum Gasteiger partial charge on any atom is -0.463 e.